The SMILES string of the molecule is CC(C)(C(=O)Nc1nc2ccc(F)cn2n1)c1cccs1. The molecule has 21 heavy (non-hydrogen) atoms. The number of hydrogen-bond donors (Lipinski definition) is 1. The second-order valence-corrected chi connectivity index (χ2v) is 6.09. The Morgan fingerprint density at radius 3 is 2.90 bits per heavy atom. The minimum absolute atomic E-state index is 0.162. The number of anilines is 1. The zero-order valence-electron chi connectivity index (χ0n) is 11.5. The Hall–Kier alpha value is -2.28. The molecule has 0 unspecified atom stereocenters. The standard InChI is InChI=1S/C14H13FN4OS/c1-14(2,10-4-3-7-21-10)12(20)17-13-16-11-6-5-9(15)8-19(11)18-13/h3-8H,1-2H3,(H,17,18,20). The van der Waals surface area contributed by atoms with E-state index in [-0.39, 0.29) is 11.9 Å². The second kappa shape index (κ2) is 4.92. The smallest absolute Gasteiger partial charge is 0.249 e. The van der Waals surface area contributed by atoms with Crippen molar-refractivity contribution in [2.24, 2.45) is 0 Å². The van der Waals surface area contributed by atoms with Gasteiger partial charge in [0.15, 0.2) is 5.65 Å². The summed E-state index contributed by atoms with van der Waals surface area (Å²) >= 11 is 1.52. The number of amides is 1. The Labute approximate surface area is 124 Å². The Bertz CT molecular complexity index is 795. The first kappa shape index (κ1) is 13.7. The summed E-state index contributed by atoms with van der Waals surface area (Å²) < 4.78 is 14.4. The fourth-order valence-electron chi connectivity index (χ4n) is 1.91. The highest BCUT2D eigenvalue weighted by Gasteiger charge is 2.31. The molecular weight excluding hydrogens is 291 g/mol. The van der Waals surface area contributed by atoms with Crippen molar-refractivity contribution in [1.29, 1.82) is 0 Å². The molecule has 1 amide bonds. The van der Waals surface area contributed by atoms with E-state index in [1.54, 1.807) is 0 Å². The molecule has 0 aliphatic rings. The summed E-state index contributed by atoms with van der Waals surface area (Å²) in [6.45, 7) is 3.67. The lowest BCUT2D eigenvalue weighted by atomic mass is 9.90. The Balaban J connectivity index is 1.86. The highest BCUT2D eigenvalue weighted by atomic mass is 32.1. The summed E-state index contributed by atoms with van der Waals surface area (Å²) in [5.41, 5.74) is -0.211. The van der Waals surface area contributed by atoms with Crippen molar-refractivity contribution in [3.05, 3.63) is 46.5 Å². The van der Waals surface area contributed by atoms with Gasteiger partial charge in [0.05, 0.1) is 11.6 Å². The van der Waals surface area contributed by atoms with Crippen LogP contribution in [0.4, 0.5) is 10.3 Å². The zero-order chi connectivity index (χ0) is 15.0. The van der Waals surface area contributed by atoms with Crippen LogP contribution in [0.15, 0.2) is 35.8 Å². The van der Waals surface area contributed by atoms with Crippen LogP contribution in [-0.2, 0) is 10.2 Å². The molecule has 3 rings (SSSR count). The predicted octanol–water partition coefficient (Wildman–Crippen LogP) is 2.85. The number of aromatic nitrogens is 3. The molecule has 5 nitrogen and oxygen atoms in total. The number of nitrogens with zero attached hydrogens (tertiary/aromatic N) is 3. The minimum atomic E-state index is -0.684. The third kappa shape index (κ3) is 2.52. The van der Waals surface area contributed by atoms with Crippen LogP contribution in [-0.4, -0.2) is 20.5 Å². The maximum absolute atomic E-state index is 13.1. The van der Waals surface area contributed by atoms with Crippen molar-refractivity contribution < 1.29 is 9.18 Å². The summed E-state index contributed by atoms with van der Waals surface area (Å²) in [6.07, 6.45) is 1.21. The van der Waals surface area contributed by atoms with Gasteiger partial charge in [-0.05, 0) is 37.4 Å². The van der Waals surface area contributed by atoms with E-state index in [0.29, 0.717) is 5.65 Å². The Morgan fingerprint density at radius 2 is 2.19 bits per heavy atom. The first-order valence-corrected chi connectivity index (χ1v) is 7.22. The van der Waals surface area contributed by atoms with Crippen LogP contribution in [0, 0.1) is 5.82 Å². The topological polar surface area (TPSA) is 59.3 Å². The molecule has 0 atom stereocenters. The monoisotopic (exact) mass is 304 g/mol. The number of pyridine rings is 1. The van der Waals surface area contributed by atoms with Crippen molar-refractivity contribution >= 4 is 28.8 Å². The van der Waals surface area contributed by atoms with Gasteiger partial charge in [0.2, 0.25) is 11.9 Å². The maximum atomic E-state index is 13.1. The van der Waals surface area contributed by atoms with Gasteiger partial charge in [0.1, 0.15) is 5.82 Å². The molecule has 0 bridgehead atoms. The quantitative estimate of drug-likeness (QED) is 0.809. The molecule has 0 saturated carbocycles. The van der Waals surface area contributed by atoms with Gasteiger partial charge in [0.25, 0.3) is 0 Å². The van der Waals surface area contributed by atoms with E-state index in [0.717, 1.165) is 4.88 Å². The van der Waals surface area contributed by atoms with E-state index < -0.39 is 11.2 Å². The molecule has 7 heteroatoms. The van der Waals surface area contributed by atoms with Crippen LogP contribution >= 0.6 is 11.3 Å². The van der Waals surface area contributed by atoms with Crippen LogP contribution in [0.3, 0.4) is 0 Å². The Morgan fingerprint density at radius 1 is 1.38 bits per heavy atom. The fraction of sp³-hybridized carbons (Fsp3) is 0.214. The van der Waals surface area contributed by atoms with E-state index in [2.05, 4.69) is 15.4 Å². The number of halogens is 1. The molecule has 0 spiro atoms. The van der Waals surface area contributed by atoms with E-state index in [1.165, 1.54) is 34.2 Å². The van der Waals surface area contributed by atoms with E-state index >= 15 is 0 Å². The predicted molar refractivity (Wildman–Crippen MR) is 78.9 cm³/mol. The molecule has 3 heterocycles. The number of hydrogen-bond acceptors (Lipinski definition) is 4. The van der Waals surface area contributed by atoms with Crippen molar-refractivity contribution in [2.45, 2.75) is 19.3 Å². The fourth-order valence-corrected chi connectivity index (χ4v) is 2.76. The maximum Gasteiger partial charge on any atom is 0.249 e. The number of carbonyl (C=O) groups is 1. The molecule has 0 aromatic carbocycles. The molecule has 0 radical (unpaired) electrons. The summed E-state index contributed by atoms with van der Waals surface area (Å²) in [4.78, 5) is 17.5. The average molecular weight is 304 g/mol. The number of carbonyl (C=O) groups excluding carboxylic acids is 1. The average Bonchev–Trinajstić information content (AvgIpc) is 3.06. The minimum Gasteiger partial charge on any atom is -0.292 e. The van der Waals surface area contributed by atoms with Crippen molar-refractivity contribution in [1.82, 2.24) is 14.6 Å². The summed E-state index contributed by atoms with van der Waals surface area (Å²) in [5, 5.41) is 8.65. The molecular formula is C14H13FN4OS. The zero-order valence-corrected chi connectivity index (χ0v) is 12.3. The van der Waals surface area contributed by atoms with E-state index in [1.807, 2.05) is 31.4 Å². The van der Waals surface area contributed by atoms with Crippen LogP contribution in [0.5, 0.6) is 0 Å². The molecule has 0 saturated heterocycles. The van der Waals surface area contributed by atoms with Gasteiger partial charge in [-0.1, -0.05) is 6.07 Å². The van der Waals surface area contributed by atoms with Gasteiger partial charge in [-0.25, -0.2) is 8.91 Å². The van der Waals surface area contributed by atoms with E-state index in [4.69, 9.17) is 0 Å². The van der Waals surface area contributed by atoms with Crippen LogP contribution in [0.25, 0.3) is 5.65 Å². The number of rotatable bonds is 3. The van der Waals surface area contributed by atoms with Gasteiger partial charge < -0.3 is 0 Å². The first-order chi connectivity index (χ1) is 9.96. The third-order valence-corrected chi connectivity index (χ3v) is 4.42. The van der Waals surface area contributed by atoms with Crippen LogP contribution in [0.2, 0.25) is 0 Å². The van der Waals surface area contributed by atoms with Crippen molar-refractivity contribution in [3.63, 3.8) is 0 Å². The molecule has 0 fully saturated rings. The molecule has 108 valence electrons. The second-order valence-electron chi connectivity index (χ2n) is 5.14. The lowest BCUT2D eigenvalue weighted by Gasteiger charge is -2.20. The third-order valence-electron chi connectivity index (χ3n) is 3.23. The van der Waals surface area contributed by atoms with E-state index in [9.17, 15) is 9.18 Å². The van der Waals surface area contributed by atoms with Gasteiger partial charge in [0, 0.05) is 4.88 Å². The summed E-state index contributed by atoms with van der Waals surface area (Å²) in [5.74, 6) is -0.458. The van der Waals surface area contributed by atoms with Crippen molar-refractivity contribution in [3.8, 4) is 0 Å². The number of thiophene rings is 1. The molecule has 0 aliphatic heterocycles. The largest absolute Gasteiger partial charge is 0.292 e. The molecule has 0 aliphatic carbocycles. The van der Waals surface area contributed by atoms with Gasteiger partial charge in [-0.15, -0.1) is 16.4 Å². The van der Waals surface area contributed by atoms with Gasteiger partial charge in [-0.3, -0.25) is 10.1 Å². The molecule has 3 aromatic rings. The van der Waals surface area contributed by atoms with Crippen LogP contribution in [0.1, 0.15) is 18.7 Å². The first-order valence-electron chi connectivity index (χ1n) is 6.34. The van der Waals surface area contributed by atoms with Crippen LogP contribution < -0.4 is 5.32 Å². The summed E-state index contributed by atoms with van der Waals surface area (Å²) in [6, 6.07) is 6.62. The molecule has 1 N–H and O–H groups in total. The van der Waals surface area contributed by atoms with Gasteiger partial charge in [-0.2, -0.15) is 4.98 Å². The van der Waals surface area contributed by atoms with Gasteiger partial charge >= 0.3 is 0 Å². The lowest BCUT2D eigenvalue weighted by Crippen LogP contribution is -2.34. The lowest BCUT2D eigenvalue weighted by molar-refractivity contribution is -0.120. The highest BCUT2D eigenvalue weighted by Crippen LogP contribution is 2.28. The number of fused-ring (bicyclic) bond motifs is 1. The highest BCUT2D eigenvalue weighted by molar-refractivity contribution is 7.10. The van der Waals surface area contributed by atoms with Crippen molar-refractivity contribution in [2.75, 3.05) is 5.32 Å². The molecule has 3 aromatic heterocycles. The summed E-state index contributed by atoms with van der Waals surface area (Å²) in [7, 11) is 0. The number of nitrogens with one attached hydrogen (secondary N) is 1. The Kier molecular flexibility index (Phi) is 3.21. The normalized spacial score (nSPS) is 11.8.